The maximum atomic E-state index is 13.0. The number of aromatic nitrogens is 1. The van der Waals surface area contributed by atoms with Crippen molar-refractivity contribution in [3.63, 3.8) is 0 Å². The van der Waals surface area contributed by atoms with E-state index in [0.717, 1.165) is 37.1 Å². The van der Waals surface area contributed by atoms with Crippen LogP contribution < -0.4 is 15.6 Å². The molecule has 34 heavy (non-hydrogen) atoms. The fourth-order valence-corrected chi connectivity index (χ4v) is 4.17. The molecule has 0 spiro atoms. The van der Waals surface area contributed by atoms with E-state index < -0.39 is 11.5 Å². The molecule has 176 valence electrons. The number of carbonyl (C=O) groups excluding carboxylic acids is 2. The number of nitrogens with one attached hydrogen (secondary N) is 2. The predicted molar refractivity (Wildman–Crippen MR) is 131 cm³/mol. The highest BCUT2D eigenvalue weighted by Crippen LogP contribution is 2.27. The molecule has 1 unspecified atom stereocenters. The van der Waals surface area contributed by atoms with Crippen LogP contribution in [0.15, 0.2) is 71.5 Å². The van der Waals surface area contributed by atoms with Crippen LogP contribution in [0.4, 0.5) is 0 Å². The van der Waals surface area contributed by atoms with Crippen molar-refractivity contribution in [1.82, 2.24) is 15.2 Å². The Labute approximate surface area is 198 Å². The van der Waals surface area contributed by atoms with E-state index in [1.807, 2.05) is 60.4 Å². The lowest BCUT2D eigenvalue weighted by Crippen LogP contribution is -2.34. The first-order valence-electron chi connectivity index (χ1n) is 11.7. The highest BCUT2D eigenvalue weighted by atomic mass is 16.5. The Bertz CT molecular complexity index is 1200. The second-order valence-corrected chi connectivity index (χ2v) is 8.33. The van der Waals surface area contributed by atoms with Gasteiger partial charge in [0.2, 0.25) is 0 Å². The molecule has 2 heterocycles. The summed E-state index contributed by atoms with van der Waals surface area (Å²) in [5.41, 5.74) is 1.88. The Kier molecular flexibility index (Phi) is 7.42. The van der Waals surface area contributed by atoms with Gasteiger partial charge in [0, 0.05) is 24.3 Å². The number of nitrogens with zero attached hydrogens (tertiary/aromatic N) is 1. The third kappa shape index (κ3) is 5.36. The number of pyridine rings is 1. The maximum absolute atomic E-state index is 13.0. The van der Waals surface area contributed by atoms with Crippen LogP contribution in [0.25, 0.3) is 11.3 Å². The Balaban J connectivity index is 1.47. The second-order valence-electron chi connectivity index (χ2n) is 8.33. The molecule has 4 rings (SSSR count). The Morgan fingerprint density at radius 2 is 1.71 bits per heavy atom. The molecule has 1 fully saturated rings. The van der Waals surface area contributed by atoms with Crippen molar-refractivity contribution in [2.24, 2.45) is 0 Å². The number of likely N-dealkylation sites (tertiary alicyclic amines) is 1. The molecule has 1 atom stereocenters. The van der Waals surface area contributed by atoms with E-state index in [1.165, 1.54) is 0 Å². The molecule has 3 aromatic rings. The predicted octanol–water partition coefficient (Wildman–Crippen LogP) is 3.92. The average molecular weight is 460 g/mol. The number of rotatable bonds is 8. The van der Waals surface area contributed by atoms with Crippen LogP contribution >= 0.6 is 0 Å². The van der Waals surface area contributed by atoms with Crippen LogP contribution in [0, 0.1) is 0 Å². The van der Waals surface area contributed by atoms with Crippen LogP contribution in [0.3, 0.4) is 0 Å². The van der Waals surface area contributed by atoms with E-state index in [4.69, 9.17) is 4.74 Å². The lowest BCUT2D eigenvalue weighted by atomic mass is 10.0. The number of hydrogen-bond acceptors (Lipinski definition) is 4. The van der Waals surface area contributed by atoms with Crippen molar-refractivity contribution in [2.75, 3.05) is 19.7 Å². The zero-order valence-corrected chi connectivity index (χ0v) is 19.3. The van der Waals surface area contributed by atoms with E-state index in [2.05, 4.69) is 10.3 Å². The fraction of sp³-hybridized carbons (Fsp3) is 0.296. The van der Waals surface area contributed by atoms with Crippen LogP contribution in [0.2, 0.25) is 0 Å². The van der Waals surface area contributed by atoms with Gasteiger partial charge in [0.05, 0.1) is 6.04 Å². The molecule has 2 N–H and O–H groups in total. The SMILES string of the molecule is CCC(NC(=O)c1ccc(-c2ccccc2)[nH]c1=O)c1ccccc1OCC(=O)N1CCCC1. The first kappa shape index (κ1) is 23.3. The van der Waals surface area contributed by atoms with Gasteiger partial charge < -0.3 is 19.9 Å². The van der Waals surface area contributed by atoms with Crippen molar-refractivity contribution in [2.45, 2.75) is 32.2 Å². The summed E-state index contributed by atoms with van der Waals surface area (Å²) in [4.78, 5) is 42.6. The third-order valence-corrected chi connectivity index (χ3v) is 6.06. The zero-order valence-electron chi connectivity index (χ0n) is 19.3. The summed E-state index contributed by atoms with van der Waals surface area (Å²) >= 11 is 0. The number of H-pyrrole nitrogens is 1. The number of hydrogen-bond donors (Lipinski definition) is 2. The molecule has 1 aliphatic rings. The van der Waals surface area contributed by atoms with Gasteiger partial charge in [-0.05, 0) is 43.0 Å². The number of amides is 2. The summed E-state index contributed by atoms with van der Waals surface area (Å²) in [7, 11) is 0. The average Bonchev–Trinajstić information content (AvgIpc) is 3.42. The summed E-state index contributed by atoms with van der Waals surface area (Å²) in [6.07, 6.45) is 2.64. The largest absolute Gasteiger partial charge is 0.483 e. The number of aromatic amines is 1. The van der Waals surface area contributed by atoms with Gasteiger partial charge >= 0.3 is 0 Å². The van der Waals surface area contributed by atoms with E-state index >= 15 is 0 Å². The second kappa shape index (κ2) is 10.8. The summed E-state index contributed by atoms with van der Waals surface area (Å²) in [5.74, 6) is 0.0561. The monoisotopic (exact) mass is 459 g/mol. The van der Waals surface area contributed by atoms with Gasteiger partial charge in [-0.2, -0.15) is 0 Å². The third-order valence-electron chi connectivity index (χ3n) is 6.06. The van der Waals surface area contributed by atoms with E-state index in [9.17, 15) is 14.4 Å². The normalized spacial score (nSPS) is 14.0. The molecular weight excluding hydrogens is 430 g/mol. The van der Waals surface area contributed by atoms with E-state index in [0.29, 0.717) is 17.9 Å². The van der Waals surface area contributed by atoms with Crippen LogP contribution in [0.5, 0.6) is 5.75 Å². The molecule has 1 saturated heterocycles. The summed E-state index contributed by atoms with van der Waals surface area (Å²) in [6, 6.07) is 19.7. The van der Waals surface area contributed by atoms with Crippen molar-refractivity contribution in [3.05, 3.63) is 88.2 Å². The minimum absolute atomic E-state index is 0.0329. The Morgan fingerprint density at radius 1 is 1.00 bits per heavy atom. The highest BCUT2D eigenvalue weighted by molar-refractivity contribution is 5.94. The molecular formula is C27H29N3O4. The molecule has 0 radical (unpaired) electrons. The number of ether oxygens (including phenoxy) is 1. The Morgan fingerprint density at radius 3 is 2.41 bits per heavy atom. The number of benzene rings is 2. The molecule has 2 amide bonds. The van der Waals surface area contributed by atoms with E-state index in [-0.39, 0.29) is 24.1 Å². The molecule has 7 nitrogen and oxygen atoms in total. The topological polar surface area (TPSA) is 91.5 Å². The smallest absolute Gasteiger partial charge is 0.261 e. The molecule has 0 bridgehead atoms. The van der Waals surface area contributed by atoms with Crippen molar-refractivity contribution in [3.8, 4) is 17.0 Å². The number of carbonyl (C=O) groups is 2. The van der Waals surface area contributed by atoms with Crippen molar-refractivity contribution < 1.29 is 14.3 Å². The van der Waals surface area contributed by atoms with Crippen molar-refractivity contribution in [1.29, 1.82) is 0 Å². The molecule has 2 aromatic carbocycles. The first-order chi connectivity index (χ1) is 16.6. The van der Waals surface area contributed by atoms with Gasteiger partial charge in [-0.25, -0.2) is 0 Å². The van der Waals surface area contributed by atoms with Crippen molar-refractivity contribution >= 4 is 11.8 Å². The van der Waals surface area contributed by atoms with Gasteiger partial charge in [0.1, 0.15) is 11.3 Å². The standard InChI is InChI=1S/C27H29N3O4/c1-2-22(20-12-6-7-13-24(20)34-18-25(31)30-16-8-9-17-30)28-26(32)21-14-15-23(29-27(21)33)19-10-4-3-5-11-19/h3-7,10-15,22H,2,8-9,16-18H2,1H3,(H,28,32)(H,29,33). The minimum Gasteiger partial charge on any atom is -0.483 e. The van der Waals surface area contributed by atoms with E-state index in [1.54, 1.807) is 18.2 Å². The summed E-state index contributed by atoms with van der Waals surface area (Å²) in [5, 5.41) is 2.95. The Hall–Kier alpha value is -3.87. The molecule has 0 saturated carbocycles. The molecule has 0 aliphatic carbocycles. The van der Waals surface area contributed by atoms with Gasteiger partial charge in [0.15, 0.2) is 6.61 Å². The number of para-hydroxylation sites is 1. The maximum Gasteiger partial charge on any atom is 0.261 e. The lowest BCUT2D eigenvalue weighted by Gasteiger charge is -2.21. The zero-order chi connectivity index (χ0) is 23.9. The highest BCUT2D eigenvalue weighted by Gasteiger charge is 2.22. The van der Waals surface area contributed by atoms with Gasteiger partial charge in [0.25, 0.3) is 17.4 Å². The summed E-state index contributed by atoms with van der Waals surface area (Å²) < 4.78 is 5.86. The van der Waals surface area contributed by atoms with Gasteiger partial charge in [-0.15, -0.1) is 0 Å². The quantitative estimate of drug-likeness (QED) is 0.534. The first-order valence-corrected chi connectivity index (χ1v) is 11.7. The lowest BCUT2D eigenvalue weighted by molar-refractivity contribution is -0.132. The molecule has 1 aliphatic heterocycles. The van der Waals surface area contributed by atoms with Crippen LogP contribution in [0.1, 0.15) is 48.1 Å². The minimum atomic E-state index is -0.462. The van der Waals surface area contributed by atoms with Gasteiger partial charge in [-0.3, -0.25) is 14.4 Å². The fourth-order valence-electron chi connectivity index (χ4n) is 4.17. The van der Waals surface area contributed by atoms with Crippen LogP contribution in [-0.2, 0) is 4.79 Å². The molecule has 7 heteroatoms. The summed E-state index contributed by atoms with van der Waals surface area (Å²) in [6.45, 7) is 3.45. The molecule has 1 aromatic heterocycles. The van der Waals surface area contributed by atoms with Gasteiger partial charge in [-0.1, -0.05) is 55.5 Å². The van der Waals surface area contributed by atoms with Crippen LogP contribution in [-0.4, -0.2) is 41.4 Å².